The molecule has 1 atom stereocenters. The van der Waals surface area contributed by atoms with Crippen molar-refractivity contribution in [2.75, 3.05) is 6.61 Å². The molecule has 2 aromatic carbocycles. The summed E-state index contributed by atoms with van der Waals surface area (Å²) in [6.45, 7) is 14.0. The van der Waals surface area contributed by atoms with E-state index in [1.165, 1.54) is 0 Å². The number of hydrogen-bond acceptors (Lipinski definition) is 3. The van der Waals surface area contributed by atoms with Gasteiger partial charge in [-0.05, 0) is 70.7 Å². The van der Waals surface area contributed by atoms with Gasteiger partial charge < -0.3 is 15.0 Å². The van der Waals surface area contributed by atoms with E-state index in [1.54, 1.807) is 4.90 Å². The SMILES string of the molecule is CCC(C(=O)NC(C)(C)C)N(Cc1ccccc1C)C(=O)COc1ccc(C)cc1C. The zero-order valence-electron chi connectivity index (χ0n) is 19.9. The van der Waals surface area contributed by atoms with Crippen LogP contribution < -0.4 is 10.1 Å². The molecule has 168 valence electrons. The van der Waals surface area contributed by atoms with E-state index < -0.39 is 6.04 Å². The lowest BCUT2D eigenvalue weighted by atomic mass is 10.0. The molecule has 0 aromatic heterocycles. The fraction of sp³-hybridized carbons (Fsp3) is 0.462. The fourth-order valence-electron chi connectivity index (χ4n) is 3.53. The van der Waals surface area contributed by atoms with Crippen molar-refractivity contribution in [1.82, 2.24) is 10.2 Å². The predicted octanol–water partition coefficient (Wildman–Crippen LogP) is 4.71. The third kappa shape index (κ3) is 7.12. The molecule has 2 amide bonds. The zero-order valence-corrected chi connectivity index (χ0v) is 19.9. The Morgan fingerprint density at radius 2 is 1.71 bits per heavy atom. The minimum absolute atomic E-state index is 0.116. The van der Waals surface area contributed by atoms with Gasteiger partial charge in [0.05, 0.1) is 0 Å². The lowest BCUT2D eigenvalue weighted by Gasteiger charge is -2.33. The molecule has 1 N–H and O–H groups in total. The zero-order chi connectivity index (χ0) is 23.2. The molecule has 0 saturated heterocycles. The number of benzene rings is 2. The molecule has 5 heteroatoms. The first kappa shape index (κ1) is 24.4. The van der Waals surface area contributed by atoms with E-state index >= 15 is 0 Å². The number of rotatable bonds is 8. The molecular weight excluding hydrogens is 388 g/mol. The van der Waals surface area contributed by atoms with Gasteiger partial charge in [0.2, 0.25) is 5.91 Å². The lowest BCUT2D eigenvalue weighted by Crippen LogP contribution is -2.54. The van der Waals surface area contributed by atoms with Crippen molar-refractivity contribution in [2.24, 2.45) is 0 Å². The topological polar surface area (TPSA) is 58.6 Å². The van der Waals surface area contributed by atoms with Crippen LogP contribution in [0.1, 0.15) is 56.4 Å². The molecule has 0 heterocycles. The molecule has 2 rings (SSSR count). The second kappa shape index (κ2) is 10.5. The van der Waals surface area contributed by atoms with E-state index in [-0.39, 0.29) is 24.0 Å². The first-order valence-electron chi connectivity index (χ1n) is 10.9. The van der Waals surface area contributed by atoms with Gasteiger partial charge in [0.1, 0.15) is 11.8 Å². The molecule has 5 nitrogen and oxygen atoms in total. The molecule has 0 fully saturated rings. The van der Waals surface area contributed by atoms with Gasteiger partial charge in [0.15, 0.2) is 6.61 Å². The average molecular weight is 425 g/mol. The van der Waals surface area contributed by atoms with Crippen molar-refractivity contribution >= 4 is 11.8 Å². The van der Waals surface area contributed by atoms with E-state index in [9.17, 15) is 9.59 Å². The number of carbonyl (C=O) groups excluding carboxylic acids is 2. The molecule has 0 radical (unpaired) electrons. The van der Waals surface area contributed by atoms with E-state index in [0.29, 0.717) is 18.7 Å². The monoisotopic (exact) mass is 424 g/mol. The van der Waals surface area contributed by atoms with Crippen LogP contribution in [0, 0.1) is 20.8 Å². The number of carbonyl (C=O) groups is 2. The molecule has 31 heavy (non-hydrogen) atoms. The molecule has 2 aromatic rings. The van der Waals surface area contributed by atoms with Gasteiger partial charge in [-0.25, -0.2) is 0 Å². The summed E-state index contributed by atoms with van der Waals surface area (Å²) in [5, 5.41) is 3.02. The van der Waals surface area contributed by atoms with Crippen LogP contribution in [-0.2, 0) is 16.1 Å². The van der Waals surface area contributed by atoms with Crippen LogP contribution in [-0.4, -0.2) is 34.9 Å². The van der Waals surface area contributed by atoms with Crippen LogP contribution in [0.3, 0.4) is 0 Å². The van der Waals surface area contributed by atoms with Gasteiger partial charge >= 0.3 is 0 Å². The van der Waals surface area contributed by atoms with Crippen LogP contribution in [0.4, 0.5) is 0 Å². The molecule has 0 bridgehead atoms. The number of nitrogens with one attached hydrogen (secondary N) is 1. The first-order valence-corrected chi connectivity index (χ1v) is 10.9. The molecule has 1 unspecified atom stereocenters. The summed E-state index contributed by atoms with van der Waals surface area (Å²) in [6, 6.07) is 13.2. The summed E-state index contributed by atoms with van der Waals surface area (Å²) < 4.78 is 5.85. The number of aryl methyl sites for hydroxylation is 3. The smallest absolute Gasteiger partial charge is 0.261 e. The second-order valence-corrected chi connectivity index (χ2v) is 9.17. The summed E-state index contributed by atoms with van der Waals surface area (Å²) in [6.07, 6.45) is 0.517. The minimum atomic E-state index is -0.575. The van der Waals surface area contributed by atoms with E-state index in [1.807, 2.05) is 90.9 Å². The highest BCUT2D eigenvalue weighted by Crippen LogP contribution is 2.20. The van der Waals surface area contributed by atoms with Gasteiger partial charge in [0.25, 0.3) is 5.91 Å². The molecule has 0 aliphatic carbocycles. The summed E-state index contributed by atoms with van der Waals surface area (Å²) in [5.41, 5.74) is 3.85. The standard InChI is InChI=1S/C26H36N2O3/c1-8-22(25(30)27-26(5,6)7)28(16-21-12-10-9-11-19(21)3)24(29)17-31-23-14-13-18(2)15-20(23)4/h9-15,22H,8,16-17H2,1-7H3,(H,27,30). The van der Waals surface area contributed by atoms with Crippen LogP contribution in [0.25, 0.3) is 0 Å². The average Bonchev–Trinajstić information content (AvgIpc) is 2.67. The minimum Gasteiger partial charge on any atom is -0.483 e. The summed E-state index contributed by atoms with van der Waals surface area (Å²) in [4.78, 5) is 28.0. The normalized spacial score (nSPS) is 12.2. The van der Waals surface area contributed by atoms with E-state index in [4.69, 9.17) is 4.74 Å². The van der Waals surface area contributed by atoms with Gasteiger partial charge in [0, 0.05) is 12.1 Å². The lowest BCUT2D eigenvalue weighted by molar-refractivity contribution is -0.143. The van der Waals surface area contributed by atoms with Gasteiger partial charge in [-0.3, -0.25) is 9.59 Å². The predicted molar refractivity (Wildman–Crippen MR) is 125 cm³/mol. The summed E-state index contributed by atoms with van der Waals surface area (Å²) >= 11 is 0. The van der Waals surface area contributed by atoms with Crippen LogP contribution in [0.5, 0.6) is 5.75 Å². The Bertz CT molecular complexity index is 915. The number of ether oxygens (including phenoxy) is 1. The summed E-state index contributed by atoms with van der Waals surface area (Å²) in [5.74, 6) is 0.324. The van der Waals surface area contributed by atoms with Gasteiger partial charge in [-0.1, -0.05) is 48.9 Å². The molecular formula is C26H36N2O3. The van der Waals surface area contributed by atoms with Crippen molar-refractivity contribution in [3.63, 3.8) is 0 Å². The van der Waals surface area contributed by atoms with Crippen molar-refractivity contribution in [1.29, 1.82) is 0 Å². The molecule has 0 aliphatic rings. The Labute approximate surface area is 186 Å². The largest absolute Gasteiger partial charge is 0.483 e. The highest BCUT2D eigenvalue weighted by molar-refractivity contribution is 5.88. The maximum atomic E-state index is 13.3. The maximum absolute atomic E-state index is 13.3. The molecule has 0 aliphatic heterocycles. The van der Waals surface area contributed by atoms with E-state index in [0.717, 1.165) is 22.3 Å². The third-order valence-corrected chi connectivity index (χ3v) is 5.17. The van der Waals surface area contributed by atoms with Gasteiger partial charge in [-0.2, -0.15) is 0 Å². The molecule has 0 saturated carbocycles. The number of hydrogen-bond donors (Lipinski definition) is 1. The Hall–Kier alpha value is -2.82. The first-order chi connectivity index (χ1) is 14.5. The Morgan fingerprint density at radius 3 is 2.29 bits per heavy atom. The van der Waals surface area contributed by atoms with E-state index in [2.05, 4.69) is 5.32 Å². The third-order valence-electron chi connectivity index (χ3n) is 5.17. The maximum Gasteiger partial charge on any atom is 0.261 e. The van der Waals surface area contributed by atoms with Crippen LogP contribution in [0.2, 0.25) is 0 Å². The Kier molecular flexibility index (Phi) is 8.26. The highest BCUT2D eigenvalue weighted by atomic mass is 16.5. The number of nitrogens with zero attached hydrogens (tertiary/aromatic N) is 1. The van der Waals surface area contributed by atoms with Crippen molar-refractivity contribution in [2.45, 2.75) is 73.0 Å². The van der Waals surface area contributed by atoms with Crippen molar-refractivity contribution in [3.05, 3.63) is 64.7 Å². The van der Waals surface area contributed by atoms with Crippen LogP contribution >= 0.6 is 0 Å². The highest BCUT2D eigenvalue weighted by Gasteiger charge is 2.31. The Morgan fingerprint density at radius 1 is 1.03 bits per heavy atom. The van der Waals surface area contributed by atoms with Crippen molar-refractivity contribution < 1.29 is 14.3 Å². The molecule has 0 spiro atoms. The number of amides is 2. The van der Waals surface area contributed by atoms with Gasteiger partial charge in [-0.15, -0.1) is 0 Å². The Balaban J connectivity index is 2.27. The fourth-order valence-corrected chi connectivity index (χ4v) is 3.53. The van der Waals surface area contributed by atoms with Crippen LogP contribution in [0.15, 0.2) is 42.5 Å². The quantitative estimate of drug-likeness (QED) is 0.667. The van der Waals surface area contributed by atoms with Crippen molar-refractivity contribution in [3.8, 4) is 5.75 Å². The second-order valence-electron chi connectivity index (χ2n) is 9.17. The summed E-state index contributed by atoms with van der Waals surface area (Å²) in [7, 11) is 0.